The van der Waals surface area contributed by atoms with E-state index in [9.17, 15) is 4.79 Å². The second-order valence-electron chi connectivity index (χ2n) is 3.34. The summed E-state index contributed by atoms with van der Waals surface area (Å²) in [5, 5.41) is 9.04. The molecule has 76 valence electrons. The molecule has 0 bridgehead atoms. The first-order chi connectivity index (χ1) is 6.65. The molecule has 0 radical (unpaired) electrons. The fraction of sp³-hybridized carbons (Fsp3) is 0.444. The molecule has 2 heterocycles. The van der Waals surface area contributed by atoms with Crippen LogP contribution in [0.25, 0.3) is 0 Å². The number of rotatable bonds is 2. The number of carbonyl (C=O) groups is 1. The minimum atomic E-state index is -0.311. The molecule has 0 atom stereocenters. The van der Waals surface area contributed by atoms with Crippen LogP contribution in [0.15, 0.2) is 15.9 Å². The maximum absolute atomic E-state index is 11.6. The molecular formula is C9H10BrNO2S. The van der Waals surface area contributed by atoms with Gasteiger partial charge in [0.05, 0.1) is 16.3 Å². The number of likely N-dealkylation sites (tertiary alicyclic amines) is 1. The van der Waals surface area contributed by atoms with Crippen LogP contribution < -0.4 is 0 Å². The van der Waals surface area contributed by atoms with E-state index in [0.717, 1.165) is 8.66 Å². The summed E-state index contributed by atoms with van der Waals surface area (Å²) in [4.78, 5) is 14.3. The van der Waals surface area contributed by atoms with Gasteiger partial charge < -0.3 is 10.0 Å². The first-order valence-electron chi connectivity index (χ1n) is 4.35. The highest BCUT2D eigenvalue weighted by Gasteiger charge is 2.28. The van der Waals surface area contributed by atoms with Gasteiger partial charge in [-0.1, -0.05) is 0 Å². The molecule has 14 heavy (non-hydrogen) atoms. The maximum Gasteiger partial charge on any atom is 0.228 e. The second-order valence-corrected chi connectivity index (χ2v) is 5.88. The number of aliphatic hydroxyl groups is 1. The van der Waals surface area contributed by atoms with Crippen LogP contribution in [0.4, 0.5) is 0 Å². The van der Waals surface area contributed by atoms with Crippen LogP contribution in [0.3, 0.4) is 0 Å². The van der Waals surface area contributed by atoms with Crippen molar-refractivity contribution in [1.29, 1.82) is 0 Å². The lowest BCUT2D eigenvalue weighted by Crippen LogP contribution is -2.53. The van der Waals surface area contributed by atoms with Gasteiger partial charge in [0.2, 0.25) is 5.91 Å². The molecule has 1 N–H and O–H groups in total. The minimum Gasteiger partial charge on any atom is -0.389 e. The molecule has 2 rings (SSSR count). The molecule has 0 unspecified atom stereocenters. The summed E-state index contributed by atoms with van der Waals surface area (Å²) in [6, 6.07) is 3.89. The first-order valence-corrected chi connectivity index (χ1v) is 5.96. The first kappa shape index (κ1) is 10.1. The molecule has 1 amide bonds. The normalized spacial score (nSPS) is 16.9. The van der Waals surface area contributed by atoms with Gasteiger partial charge in [-0.3, -0.25) is 4.79 Å². The molecule has 0 aromatic carbocycles. The fourth-order valence-corrected chi connectivity index (χ4v) is 2.84. The van der Waals surface area contributed by atoms with Crippen molar-refractivity contribution in [2.45, 2.75) is 12.5 Å². The van der Waals surface area contributed by atoms with E-state index >= 15 is 0 Å². The Labute approximate surface area is 94.5 Å². The Morgan fingerprint density at radius 2 is 2.36 bits per heavy atom. The number of amides is 1. The van der Waals surface area contributed by atoms with Crippen molar-refractivity contribution in [2.75, 3.05) is 13.1 Å². The Bertz CT molecular complexity index is 346. The highest BCUT2D eigenvalue weighted by molar-refractivity contribution is 9.11. The molecule has 1 aliphatic rings. The molecule has 0 spiro atoms. The van der Waals surface area contributed by atoms with Crippen LogP contribution in [0.1, 0.15) is 4.88 Å². The number of carbonyl (C=O) groups excluding carboxylic acids is 1. The van der Waals surface area contributed by atoms with E-state index in [1.807, 2.05) is 12.1 Å². The average Bonchev–Trinajstić information content (AvgIpc) is 2.45. The summed E-state index contributed by atoms with van der Waals surface area (Å²) in [6.07, 6.45) is 0.136. The van der Waals surface area contributed by atoms with E-state index in [1.165, 1.54) is 0 Å². The molecule has 1 saturated heterocycles. The van der Waals surface area contributed by atoms with Gasteiger partial charge in [-0.15, -0.1) is 11.3 Å². The molecule has 5 heteroatoms. The number of aliphatic hydroxyl groups excluding tert-OH is 1. The summed E-state index contributed by atoms with van der Waals surface area (Å²) in [7, 11) is 0. The third kappa shape index (κ3) is 2.16. The lowest BCUT2D eigenvalue weighted by Gasteiger charge is -2.35. The van der Waals surface area contributed by atoms with Gasteiger partial charge in [-0.05, 0) is 28.1 Å². The Morgan fingerprint density at radius 3 is 2.86 bits per heavy atom. The molecule has 3 nitrogen and oxygen atoms in total. The molecule has 0 aliphatic carbocycles. The van der Waals surface area contributed by atoms with Crippen molar-refractivity contribution < 1.29 is 9.90 Å². The fourth-order valence-electron chi connectivity index (χ4n) is 1.37. The lowest BCUT2D eigenvalue weighted by molar-refractivity contribution is -0.140. The van der Waals surface area contributed by atoms with E-state index in [4.69, 9.17) is 5.11 Å². The van der Waals surface area contributed by atoms with Gasteiger partial charge in [0.1, 0.15) is 0 Å². The number of β-amino-alcohol motifs (C(OH)–C–C–N with tert-alkyl or cyclic N) is 1. The summed E-state index contributed by atoms with van der Waals surface area (Å²) in [5.74, 6) is 0.102. The maximum atomic E-state index is 11.6. The Kier molecular flexibility index (Phi) is 2.90. The van der Waals surface area contributed by atoms with Crippen molar-refractivity contribution in [3.8, 4) is 0 Å². The van der Waals surface area contributed by atoms with Crippen LogP contribution in [0.5, 0.6) is 0 Å². The SMILES string of the molecule is O=C(Cc1ccc(Br)s1)N1CC(O)C1. The highest BCUT2D eigenvalue weighted by atomic mass is 79.9. The van der Waals surface area contributed by atoms with Crippen LogP contribution in [-0.2, 0) is 11.2 Å². The van der Waals surface area contributed by atoms with E-state index in [0.29, 0.717) is 19.5 Å². The quantitative estimate of drug-likeness (QED) is 0.883. The van der Waals surface area contributed by atoms with Crippen LogP contribution in [0, 0.1) is 0 Å². The predicted molar refractivity (Wildman–Crippen MR) is 58.3 cm³/mol. The summed E-state index contributed by atoms with van der Waals surface area (Å²) in [5.41, 5.74) is 0. The van der Waals surface area contributed by atoms with E-state index in [2.05, 4.69) is 15.9 Å². The average molecular weight is 276 g/mol. The van der Waals surface area contributed by atoms with Crippen molar-refractivity contribution in [3.63, 3.8) is 0 Å². The van der Waals surface area contributed by atoms with Gasteiger partial charge in [0.15, 0.2) is 0 Å². The summed E-state index contributed by atoms with van der Waals surface area (Å²) < 4.78 is 1.05. The molecule has 1 fully saturated rings. The lowest BCUT2D eigenvalue weighted by atomic mass is 10.1. The van der Waals surface area contributed by atoms with E-state index in [-0.39, 0.29) is 12.0 Å². The van der Waals surface area contributed by atoms with Gasteiger partial charge in [-0.25, -0.2) is 0 Å². The number of hydrogen-bond donors (Lipinski definition) is 1. The van der Waals surface area contributed by atoms with Crippen LogP contribution in [0.2, 0.25) is 0 Å². The molecule has 1 aromatic rings. The summed E-state index contributed by atoms with van der Waals surface area (Å²) >= 11 is 4.93. The number of thiophene rings is 1. The summed E-state index contributed by atoms with van der Waals surface area (Å²) in [6.45, 7) is 0.983. The zero-order valence-electron chi connectivity index (χ0n) is 7.44. The van der Waals surface area contributed by atoms with Crippen molar-refractivity contribution in [1.82, 2.24) is 4.90 Å². The highest BCUT2D eigenvalue weighted by Crippen LogP contribution is 2.23. The van der Waals surface area contributed by atoms with Gasteiger partial charge in [-0.2, -0.15) is 0 Å². The Morgan fingerprint density at radius 1 is 1.64 bits per heavy atom. The van der Waals surface area contributed by atoms with Crippen LogP contribution >= 0.6 is 27.3 Å². The number of nitrogens with zero attached hydrogens (tertiary/aromatic N) is 1. The molecule has 1 aliphatic heterocycles. The largest absolute Gasteiger partial charge is 0.389 e. The van der Waals surface area contributed by atoms with E-state index < -0.39 is 0 Å². The number of hydrogen-bond acceptors (Lipinski definition) is 3. The van der Waals surface area contributed by atoms with Crippen LogP contribution in [-0.4, -0.2) is 35.1 Å². The third-order valence-electron chi connectivity index (χ3n) is 2.17. The smallest absolute Gasteiger partial charge is 0.228 e. The van der Waals surface area contributed by atoms with Crippen molar-refractivity contribution in [2.24, 2.45) is 0 Å². The Hall–Kier alpha value is -0.390. The van der Waals surface area contributed by atoms with Gasteiger partial charge >= 0.3 is 0 Å². The molecule has 1 aromatic heterocycles. The predicted octanol–water partition coefficient (Wildman–Crippen LogP) is 1.26. The second kappa shape index (κ2) is 4.00. The van der Waals surface area contributed by atoms with Crippen molar-refractivity contribution in [3.05, 3.63) is 20.8 Å². The molecular weight excluding hydrogens is 266 g/mol. The zero-order chi connectivity index (χ0) is 10.1. The monoisotopic (exact) mass is 275 g/mol. The number of halogens is 1. The third-order valence-corrected chi connectivity index (χ3v) is 3.79. The van der Waals surface area contributed by atoms with Gasteiger partial charge in [0.25, 0.3) is 0 Å². The zero-order valence-corrected chi connectivity index (χ0v) is 9.84. The minimum absolute atomic E-state index is 0.102. The Balaban J connectivity index is 1.89. The van der Waals surface area contributed by atoms with Gasteiger partial charge in [0, 0.05) is 18.0 Å². The topological polar surface area (TPSA) is 40.5 Å². The standard InChI is InChI=1S/C9H10BrNO2S/c10-8-2-1-7(14-8)3-9(13)11-4-6(12)5-11/h1-2,6,12H,3-5H2. The van der Waals surface area contributed by atoms with Crippen molar-refractivity contribution >= 4 is 33.2 Å². The molecule has 0 saturated carbocycles. The van der Waals surface area contributed by atoms with E-state index in [1.54, 1.807) is 16.2 Å².